The van der Waals surface area contributed by atoms with Gasteiger partial charge in [-0.05, 0) is 52.4 Å². The number of allylic oxidation sites excluding steroid dienone is 4. The lowest BCUT2D eigenvalue weighted by Gasteiger charge is -2.31. The lowest BCUT2D eigenvalue weighted by atomic mass is 9.72. The molecule has 0 saturated heterocycles. The summed E-state index contributed by atoms with van der Waals surface area (Å²) in [5.74, 6) is 0. The first-order valence-corrected chi connectivity index (χ1v) is 6.89. The van der Waals surface area contributed by atoms with Crippen LogP contribution < -0.4 is 0 Å². The zero-order chi connectivity index (χ0) is 12.7. The molecule has 1 aliphatic carbocycles. The van der Waals surface area contributed by atoms with E-state index >= 15 is 0 Å². The van der Waals surface area contributed by atoms with E-state index in [0.29, 0.717) is 0 Å². The third kappa shape index (κ3) is 4.49. The van der Waals surface area contributed by atoms with E-state index in [1.807, 2.05) is 0 Å². The van der Waals surface area contributed by atoms with Gasteiger partial charge in [0, 0.05) is 5.41 Å². The Labute approximate surface area is 106 Å². The van der Waals surface area contributed by atoms with Crippen LogP contribution in [-0.4, -0.2) is 6.29 Å². The molecule has 1 unspecified atom stereocenters. The average molecular weight is 234 g/mol. The molecule has 17 heavy (non-hydrogen) atoms. The summed E-state index contributed by atoms with van der Waals surface area (Å²) < 4.78 is 0. The molecule has 0 saturated carbocycles. The van der Waals surface area contributed by atoms with Gasteiger partial charge in [-0.3, -0.25) is 0 Å². The van der Waals surface area contributed by atoms with Crippen molar-refractivity contribution in [3.05, 3.63) is 23.3 Å². The van der Waals surface area contributed by atoms with Crippen molar-refractivity contribution in [2.24, 2.45) is 5.41 Å². The third-order valence-corrected chi connectivity index (χ3v) is 3.76. The Morgan fingerprint density at radius 3 is 2.71 bits per heavy atom. The molecule has 0 bridgehead atoms. The highest BCUT2D eigenvalue weighted by molar-refractivity contribution is 5.60. The molecule has 0 amide bonds. The average Bonchev–Trinajstić information content (AvgIpc) is 2.31. The minimum atomic E-state index is -0.0330. The molecule has 0 aromatic rings. The van der Waals surface area contributed by atoms with Crippen molar-refractivity contribution in [2.75, 3.05) is 0 Å². The predicted octanol–water partition coefficient (Wildman–Crippen LogP) is 4.83. The van der Waals surface area contributed by atoms with E-state index in [0.717, 1.165) is 38.5 Å². The smallest absolute Gasteiger partial charge is 0.126 e. The highest BCUT2D eigenvalue weighted by Gasteiger charge is 2.30. The monoisotopic (exact) mass is 234 g/mol. The maximum atomic E-state index is 11.2. The van der Waals surface area contributed by atoms with Gasteiger partial charge in [0.05, 0.1) is 0 Å². The molecule has 0 aliphatic heterocycles. The number of carbonyl (C=O) groups excluding carboxylic acids is 1. The van der Waals surface area contributed by atoms with Gasteiger partial charge in [0.1, 0.15) is 6.29 Å². The number of rotatable bonds is 6. The zero-order valence-electron chi connectivity index (χ0n) is 11.6. The number of carbonyl (C=O) groups is 1. The van der Waals surface area contributed by atoms with Gasteiger partial charge in [-0.2, -0.15) is 0 Å². The van der Waals surface area contributed by atoms with Gasteiger partial charge in [0.15, 0.2) is 0 Å². The van der Waals surface area contributed by atoms with Crippen molar-refractivity contribution >= 4 is 6.29 Å². The maximum Gasteiger partial charge on any atom is 0.126 e. The first-order valence-electron chi connectivity index (χ1n) is 6.89. The molecule has 1 atom stereocenters. The molecular weight excluding hydrogens is 208 g/mol. The van der Waals surface area contributed by atoms with Crippen molar-refractivity contribution in [1.82, 2.24) is 0 Å². The molecular formula is C16H26O. The van der Waals surface area contributed by atoms with E-state index < -0.39 is 0 Å². The lowest BCUT2D eigenvalue weighted by molar-refractivity contribution is -0.117. The Hall–Kier alpha value is -0.850. The van der Waals surface area contributed by atoms with Crippen LogP contribution in [-0.2, 0) is 4.79 Å². The molecule has 96 valence electrons. The van der Waals surface area contributed by atoms with Crippen molar-refractivity contribution in [2.45, 2.75) is 65.7 Å². The third-order valence-electron chi connectivity index (χ3n) is 3.76. The highest BCUT2D eigenvalue weighted by atomic mass is 16.1. The van der Waals surface area contributed by atoms with Gasteiger partial charge in [-0.25, -0.2) is 0 Å². The normalized spacial score (nSPS) is 24.1. The van der Waals surface area contributed by atoms with Crippen LogP contribution in [0, 0.1) is 5.41 Å². The zero-order valence-corrected chi connectivity index (χ0v) is 11.6. The van der Waals surface area contributed by atoms with E-state index in [2.05, 4.69) is 32.9 Å². The number of hydrogen-bond donors (Lipinski definition) is 0. The Balaban J connectivity index is 2.48. The fraction of sp³-hybridized carbons (Fsp3) is 0.688. The van der Waals surface area contributed by atoms with Crippen LogP contribution in [0.3, 0.4) is 0 Å². The maximum absolute atomic E-state index is 11.2. The fourth-order valence-corrected chi connectivity index (χ4v) is 2.63. The number of hydrogen-bond acceptors (Lipinski definition) is 1. The summed E-state index contributed by atoms with van der Waals surface area (Å²) in [7, 11) is 0. The molecule has 1 nitrogen and oxygen atoms in total. The van der Waals surface area contributed by atoms with Gasteiger partial charge < -0.3 is 4.79 Å². The Morgan fingerprint density at radius 1 is 1.47 bits per heavy atom. The Bertz CT molecular complexity index is 307. The summed E-state index contributed by atoms with van der Waals surface area (Å²) in [6.45, 7) is 6.46. The number of aldehydes is 1. The van der Waals surface area contributed by atoms with Crippen molar-refractivity contribution in [3.8, 4) is 0 Å². The van der Waals surface area contributed by atoms with E-state index in [1.165, 1.54) is 18.3 Å². The van der Waals surface area contributed by atoms with Gasteiger partial charge in [-0.1, -0.05) is 36.6 Å². The molecule has 1 heteroatoms. The molecule has 0 fully saturated rings. The second kappa shape index (κ2) is 6.78. The van der Waals surface area contributed by atoms with E-state index in [1.54, 1.807) is 5.57 Å². The minimum absolute atomic E-state index is 0.0330. The molecule has 0 aromatic heterocycles. The van der Waals surface area contributed by atoms with Crippen LogP contribution in [0.1, 0.15) is 65.7 Å². The molecule has 0 heterocycles. The second-order valence-corrected chi connectivity index (χ2v) is 5.62. The van der Waals surface area contributed by atoms with E-state index in [-0.39, 0.29) is 5.41 Å². The fourth-order valence-electron chi connectivity index (χ4n) is 2.63. The van der Waals surface area contributed by atoms with Crippen LogP contribution >= 0.6 is 0 Å². The van der Waals surface area contributed by atoms with Crippen LogP contribution in [0.25, 0.3) is 0 Å². The first-order chi connectivity index (χ1) is 8.12. The lowest BCUT2D eigenvalue weighted by Crippen LogP contribution is -2.24. The summed E-state index contributed by atoms with van der Waals surface area (Å²) in [6.07, 6.45) is 13.5. The largest absolute Gasteiger partial charge is 0.303 e. The van der Waals surface area contributed by atoms with Crippen molar-refractivity contribution < 1.29 is 4.79 Å². The van der Waals surface area contributed by atoms with Crippen LogP contribution in [0.2, 0.25) is 0 Å². The van der Waals surface area contributed by atoms with Gasteiger partial charge >= 0.3 is 0 Å². The summed E-state index contributed by atoms with van der Waals surface area (Å²) in [5.41, 5.74) is 2.92. The van der Waals surface area contributed by atoms with Crippen LogP contribution in [0.15, 0.2) is 23.3 Å². The van der Waals surface area contributed by atoms with E-state index in [4.69, 9.17) is 0 Å². The first kappa shape index (κ1) is 14.2. The van der Waals surface area contributed by atoms with Gasteiger partial charge in [-0.15, -0.1) is 0 Å². The molecule has 0 radical (unpaired) electrons. The topological polar surface area (TPSA) is 17.1 Å². The summed E-state index contributed by atoms with van der Waals surface area (Å²) >= 11 is 0. The van der Waals surface area contributed by atoms with Gasteiger partial charge in [0.2, 0.25) is 0 Å². The highest BCUT2D eigenvalue weighted by Crippen LogP contribution is 2.38. The molecule has 1 rings (SSSR count). The molecule has 1 aliphatic rings. The van der Waals surface area contributed by atoms with Crippen molar-refractivity contribution in [3.63, 3.8) is 0 Å². The molecule has 0 aromatic carbocycles. The Kier molecular flexibility index (Phi) is 5.67. The summed E-state index contributed by atoms with van der Waals surface area (Å²) in [6, 6.07) is 0. The van der Waals surface area contributed by atoms with Crippen molar-refractivity contribution in [1.29, 1.82) is 0 Å². The standard InChI is InChI=1S/C16H26O/c1-4-10-16(13-17)11-8-15(9-12-16)7-5-6-14(2)3/h6,8,13H,4-5,7,9-12H2,1-3H3. The second-order valence-electron chi connectivity index (χ2n) is 5.62. The quantitative estimate of drug-likeness (QED) is 0.475. The van der Waals surface area contributed by atoms with Crippen LogP contribution in [0.4, 0.5) is 0 Å². The van der Waals surface area contributed by atoms with Gasteiger partial charge in [0.25, 0.3) is 0 Å². The Morgan fingerprint density at radius 2 is 2.24 bits per heavy atom. The SMILES string of the molecule is CCCC1(C=O)CC=C(CCC=C(C)C)CC1. The van der Waals surface area contributed by atoms with Crippen LogP contribution in [0.5, 0.6) is 0 Å². The predicted molar refractivity (Wildman–Crippen MR) is 74.0 cm³/mol. The molecule has 0 N–H and O–H groups in total. The molecule has 0 spiro atoms. The summed E-state index contributed by atoms with van der Waals surface area (Å²) in [4.78, 5) is 11.2. The minimum Gasteiger partial charge on any atom is -0.303 e. The summed E-state index contributed by atoms with van der Waals surface area (Å²) in [5, 5.41) is 0. The van der Waals surface area contributed by atoms with E-state index in [9.17, 15) is 4.79 Å².